The Labute approximate surface area is 189 Å². The van der Waals surface area contributed by atoms with Gasteiger partial charge in [0.05, 0.1) is 36.2 Å². The Bertz CT molecular complexity index is 916. The molecule has 2 saturated heterocycles. The molecule has 31 heavy (non-hydrogen) atoms. The van der Waals surface area contributed by atoms with Crippen molar-refractivity contribution in [2.24, 2.45) is 10.9 Å². The number of H-pyrrole nitrogens is 1. The molecule has 0 saturated carbocycles. The topological polar surface area (TPSA) is 61.9 Å². The van der Waals surface area contributed by atoms with E-state index in [0.29, 0.717) is 12.0 Å². The van der Waals surface area contributed by atoms with Gasteiger partial charge in [-0.3, -0.25) is 9.89 Å². The molecule has 168 valence electrons. The lowest BCUT2D eigenvalue weighted by Gasteiger charge is -2.26. The van der Waals surface area contributed by atoms with Crippen LogP contribution in [0.25, 0.3) is 10.9 Å². The number of hydrogen-bond donors (Lipinski definition) is 2. The van der Waals surface area contributed by atoms with Gasteiger partial charge in [-0.05, 0) is 55.9 Å². The largest absolute Gasteiger partial charge is 0.383 e. The molecule has 2 fully saturated rings. The number of aromatic amines is 1. The van der Waals surface area contributed by atoms with Crippen molar-refractivity contribution in [1.29, 1.82) is 0 Å². The van der Waals surface area contributed by atoms with E-state index in [1.165, 1.54) is 22.2 Å². The van der Waals surface area contributed by atoms with E-state index in [9.17, 15) is 0 Å². The van der Waals surface area contributed by atoms with Crippen molar-refractivity contribution in [3.05, 3.63) is 29.5 Å². The molecular formula is C24H34N4O2S. The standard InChI is InChI=1S/C24H34N4O2S/c1-17-12-19-14-22(24-26-20(16-31-24)2-5-28-6-10-30-11-7-28)27-23(19)21(13-17)25-15-18-3-8-29-9-4-18/h12-14,18,20,25,27H,2-11,15-16H2,1H3/t20-/m0/s1. The van der Waals surface area contributed by atoms with Crippen molar-refractivity contribution in [2.45, 2.75) is 32.2 Å². The average Bonchev–Trinajstić information content (AvgIpc) is 3.44. The molecular weight excluding hydrogens is 408 g/mol. The highest BCUT2D eigenvalue weighted by molar-refractivity contribution is 8.14. The van der Waals surface area contributed by atoms with Gasteiger partial charge in [0.25, 0.3) is 0 Å². The summed E-state index contributed by atoms with van der Waals surface area (Å²) in [5, 5.41) is 6.15. The van der Waals surface area contributed by atoms with Crippen LogP contribution in [0.4, 0.5) is 5.69 Å². The molecule has 6 nitrogen and oxygen atoms in total. The molecule has 1 aromatic heterocycles. The Morgan fingerprint density at radius 3 is 2.77 bits per heavy atom. The molecule has 2 N–H and O–H groups in total. The summed E-state index contributed by atoms with van der Waals surface area (Å²) in [6.07, 6.45) is 3.43. The van der Waals surface area contributed by atoms with E-state index in [1.807, 2.05) is 11.8 Å². The molecule has 7 heteroatoms. The van der Waals surface area contributed by atoms with Crippen LogP contribution < -0.4 is 5.32 Å². The molecule has 3 aliphatic rings. The zero-order valence-corrected chi connectivity index (χ0v) is 19.3. The zero-order chi connectivity index (χ0) is 21.0. The van der Waals surface area contributed by atoms with E-state index in [-0.39, 0.29) is 0 Å². The first-order valence-electron chi connectivity index (χ1n) is 11.7. The van der Waals surface area contributed by atoms with Gasteiger partial charge in [-0.2, -0.15) is 0 Å². The lowest BCUT2D eigenvalue weighted by Crippen LogP contribution is -2.37. The van der Waals surface area contributed by atoms with Gasteiger partial charge in [0.15, 0.2) is 0 Å². The summed E-state index contributed by atoms with van der Waals surface area (Å²) in [6.45, 7) is 9.95. The third kappa shape index (κ3) is 5.28. The molecule has 1 aromatic carbocycles. The maximum absolute atomic E-state index is 5.50. The Hall–Kier alpha value is -1.54. The Morgan fingerprint density at radius 2 is 1.94 bits per heavy atom. The summed E-state index contributed by atoms with van der Waals surface area (Å²) >= 11 is 1.89. The van der Waals surface area contributed by atoms with E-state index >= 15 is 0 Å². The van der Waals surface area contributed by atoms with Crippen LogP contribution in [0.2, 0.25) is 0 Å². The number of aryl methyl sites for hydroxylation is 1. The highest BCUT2D eigenvalue weighted by atomic mass is 32.2. The van der Waals surface area contributed by atoms with Crippen molar-refractivity contribution < 1.29 is 9.47 Å². The van der Waals surface area contributed by atoms with Crippen LogP contribution in [0, 0.1) is 12.8 Å². The summed E-state index contributed by atoms with van der Waals surface area (Å²) in [4.78, 5) is 11.3. The van der Waals surface area contributed by atoms with Crippen LogP contribution in [0.15, 0.2) is 23.2 Å². The molecule has 3 aliphatic heterocycles. The Kier molecular flexibility index (Phi) is 6.84. The second-order valence-corrected chi connectivity index (χ2v) is 10.0. The number of hydrogen-bond acceptors (Lipinski definition) is 6. The first-order valence-corrected chi connectivity index (χ1v) is 12.7. The molecule has 0 unspecified atom stereocenters. The number of nitrogens with one attached hydrogen (secondary N) is 2. The van der Waals surface area contributed by atoms with Gasteiger partial charge in [-0.15, -0.1) is 11.8 Å². The summed E-state index contributed by atoms with van der Waals surface area (Å²) < 4.78 is 11.0. The summed E-state index contributed by atoms with van der Waals surface area (Å²) in [6, 6.07) is 7.22. The number of fused-ring (bicyclic) bond motifs is 1. The quantitative estimate of drug-likeness (QED) is 0.681. The van der Waals surface area contributed by atoms with Gasteiger partial charge in [0, 0.05) is 50.5 Å². The number of aromatic nitrogens is 1. The van der Waals surface area contributed by atoms with Gasteiger partial charge in [-0.25, -0.2) is 0 Å². The molecule has 0 radical (unpaired) electrons. The SMILES string of the molecule is Cc1cc(NCC2CCOCC2)c2[nH]c(C3=N[C@@H](CCN4CCOCC4)CS3)cc2c1. The highest BCUT2D eigenvalue weighted by Crippen LogP contribution is 2.31. The van der Waals surface area contributed by atoms with E-state index in [4.69, 9.17) is 14.5 Å². The monoisotopic (exact) mass is 442 g/mol. The maximum Gasteiger partial charge on any atom is 0.114 e. The second-order valence-electron chi connectivity index (χ2n) is 9.04. The van der Waals surface area contributed by atoms with Crippen LogP contribution in [0.5, 0.6) is 0 Å². The van der Waals surface area contributed by atoms with Crippen LogP contribution in [-0.4, -0.2) is 79.3 Å². The average molecular weight is 443 g/mol. The molecule has 2 aromatic rings. The maximum atomic E-state index is 5.50. The van der Waals surface area contributed by atoms with Gasteiger partial charge >= 0.3 is 0 Å². The van der Waals surface area contributed by atoms with Gasteiger partial charge in [0.1, 0.15) is 5.04 Å². The molecule has 1 atom stereocenters. The van der Waals surface area contributed by atoms with Crippen LogP contribution in [0.1, 0.15) is 30.5 Å². The fraction of sp³-hybridized carbons (Fsp3) is 0.625. The summed E-state index contributed by atoms with van der Waals surface area (Å²) in [5.41, 5.74) is 4.86. The fourth-order valence-corrected chi connectivity index (χ4v) is 5.80. The van der Waals surface area contributed by atoms with Crippen LogP contribution >= 0.6 is 11.8 Å². The number of rotatable bonds is 7. The van der Waals surface area contributed by atoms with Crippen LogP contribution in [-0.2, 0) is 9.47 Å². The van der Waals surface area contributed by atoms with Crippen molar-refractivity contribution in [1.82, 2.24) is 9.88 Å². The van der Waals surface area contributed by atoms with Crippen LogP contribution in [0.3, 0.4) is 0 Å². The number of morpholine rings is 1. The summed E-state index contributed by atoms with van der Waals surface area (Å²) in [7, 11) is 0. The molecule has 0 aliphatic carbocycles. The van der Waals surface area contributed by atoms with E-state index in [1.54, 1.807) is 0 Å². The second kappa shape index (κ2) is 9.94. The fourth-order valence-electron chi connectivity index (χ4n) is 4.72. The predicted molar refractivity (Wildman–Crippen MR) is 130 cm³/mol. The van der Waals surface area contributed by atoms with Gasteiger partial charge in [-0.1, -0.05) is 0 Å². The lowest BCUT2D eigenvalue weighted by atomic mass is 10.0. The molecule has 0 amide bonds. The highest BCUT2D eigenvalue weighted by Gasteiger charge is 2.23. The number of aliphatic imine (C=N–C) groups is 1. The van der Waals surface area contributed by atoms with E-state index in [2.05, 4.69) is 40.3 Å². The van der Waals surface area contributed by atoms with Gasteiger partial charge < -0.3 is 19.8 Å². The summed E-state index contributed by atoms with van der Waals surface area (Å²) in [5.74, 6) is 1.78. The minimum atomic E-state index is 0.419. The minimum absolute atomic E-state index is 0.419. The predicted octanol–water partition coefficient (Wildman–Crippen LogP) is 3.90. The Morgan fingerprint density at radius 1 is 1.13 bits per heavy atom. The number of ether oxygens (including phenoxy) is 2. The number of nitrogens with zero attached hydrogens (tertiary/aromatic N) is 2. The first-order chi connectivity index (χ1) is 15.2. The zero-order valence-electron chi connectivity index (χ0n) is 18.5. The normalized spacial score (nSPS) is 23.4. The molecule has 4 heterocycles. The number of benzene rings is 1. The van der Waals surface area contributed by atoms with Crippen molar-refractivity contribution in [2.75, 3.05) is 63.7 Å². The van der Waals surface area contributed by atoms with E-state index < -0.39 is 0 Å². The Balaban J connectivity index is 1.26. The third-order valence-electron chi connectivity index (χ3n) is 6.62. The third-order valence-corrected chi connectivity index (χ3v) is 7.77. The molecule has 0 bridgehead atoms. The van der Waals surface area contributed by atoms with E-state index in [0.717, 1.165) is 88.4 Å². The minimum Gasteiger partial charge on any atom is -0.383 e. The van der Waals surface area contributed by atoms with Gasteiger partial charge in [0.2, 0.25) is 0 Å². The van der Waals surface area contributed by atoms with Crippen molar-refractivity contribution >= 4 is 33.4 Å². The number of anilines is 1. The van der Waals surface area contributed by atoms with Crippen molar-refractivity contribution in [3.8, 4) is 0 Å². The lowest BCUT2D eigenvalue weighted by molar-refractivity contribution is 0.0369. The molecule has 5 rings (SSSR count). The first kappa shape index (κ1) is 21.3. The smallest absolute Gasteiger partial charge is 0.114 e. The number of thioether (sulfide) groups is 1. The van der Waals surface area contributed by atoms with Crippen molar-refractivity contribution in [3.63, 3.8) is 0 Å². The molecule has 0 spiro atoms.